The highest BCUT2D eigenvalue weighted by Gasteiger charge is 2.12. The van der Waals surface area contributed by atoms with E-state index in [-0.39, 0.29) is 17.5 Å². The van der Waals surface area contributed by atoms with Gasteiger partial charge in [-0.1, -0.05) is 18.2 Å². The molecule has 0 saturated carbocycles. The van der Waals surface area contributed by atoms with E-state index >= 15 is 0 Å². The van der Waals surface area contributed by atoms with Crippen molar-refractivity contribution in [2.45, 2.75) is 13.8 Å². The first kappa shape index (κ1) is 19.0. The summed E-state index contributed by atoms with van der Waals surface area (Å²) in [5.41, 5.74) is 2.49. The molecule has 0 aliphatic rings. The summed E-state index contributed by atoms with van der Waals surface area (Å²) in [4.78, 5) is 25.5. The largest absolute Gasteiger partial charge is 0.326 e. The third kappa shape index (κ3) is 4.70. The van der Waals surface area contributed by atoms with Gasteiger partial charge in [0.25, 0.3) is 5.91 Å². The topological polar surface area (TPSA) is 87.2 Å². The van der Waals surface area contributed by atoms with Gasteiger partial charge in [-0.2, -0.15) is 0 Å². The van der Waals surface area contributed by atoms with Crippen molar-refractivity contribution in [1.29, 1.82) is 0 Å². The summed E-state index contributed by atoms with van der Waals surface area (Å²) in [7, 11) is 0. The second kappa shape index (κ2) is 8.77. The van der Waals surface area contributed by atoms with Gasteiger partial charge in [-0.25, -0.2) is 0 Å². The molecule has 28 heavy (non-hydrogen) atoms. The van der Waals surface area contributed by atoms with E-state index in [2.05, 4.69) is 20.8 Å². The molecule has 0 saturated heterocycles. The molecular weight excluding hydrogens is 354 g/mol. The monoisotopic (exact) mass is 375 g/mol. The van der Waals surface area contributed by atoms with Crippen LogP contribution in [0.5, 0.6) is 0 Å². The van der Waals surface area contributed by atoms with E-state index in [4.69, 9.17) is 0 Å². The summed E-state index contributed by atoms with van der Waals surface area (Å²) in [6.07, 6.45) is 0. The van der Waals surface area contributed by atoms with Crippen molar-refractivity contribution < 1.29 is 9.59 Å². The number of nitrogens with zero attached hydrogens (tertiary/aromatic N) is 3. The Morgan fingerprint density at radius 1 is 0.857 bits per heavy atom. The highest BCUT2D eigenvalue weighted by molar-refractivity contribution is 6.03. The van der Waals surface area contributed by atoms with Crippen LogP contribution in [-0.2, 0) is 4.79 Å². The van der Waals surface area contributed by atoms with E-state index in [1.807, 2.05) is 42.2 Å². The normalized spacial score (nSPS) is 10.2. The molecule has 1 aromatic heterocycles. The lowest BCUT2D eigenvalue weighted by Gasteiger charge is -2.21. The average molecular weight is 375 g/mol. The molecule has 2 aromatic carbocycles. The molecule has 142 valence electrons. The summed E-state index contributed by atoms with van der Waals surface area (Å²) < 4.78 is 0. The number of carbonyl (C=O) groups is 2. The second-order valence-corrected chi connectivity index (χ2v) is 6.07. The lowest BCUT2D eigenvalue weighted by molar-refractivity contribution is -0.114. The van der Waals surface area contributed by atoms with Crippen LogP contribution < -0.4 is 15.5 Å². The van der Waals surface area contributed by atoms with Crippen molar-refractivity contribution in [3.63, 3.8) is 0 Å². The Balaban J connectivity index is 1.69. The van der Waals surface area contributed by atoms with Gasteiger partial charge < -0.3 is 15.5 Å². The number of nitrogens with one attached hydrogen (secondary N) is 2. The predicted molar refractivity (Wildman–Crippen MR) is 110 cm³/mol. The van der Waals surface area contributed by atoms with Crippen molar-refractivity contribution in [1.82, 2.24) is 10.2 Å². The number of carbonyl (C=O) groups excluding carboxylic acids is 2. The van der Waals surface area contributed by atoms with Crippen molar-refractivity contribution in [3.8, 4) is 0 Å². The molecule has 0 unspecified atom stereocenters. The van der Waals surface area contributed by atoms with Crippen molar-refractivity contribution in [2.75, 3.05) is 22.1 Å². The van der Waals surface area contributed by atoms with E-state index in [9.17, 15) is 9.59 Å². The number of para-hydroxylation sites is 1. The predicted octanol–water partition coefficient (Wildman–Crippen LogP) is 3.85. The number of rotatable bonds is 6. The first-order valence-electron chi connectivity index (χ1n) is 8.92. The SMILES string of the molecule is CCN(c1ccccc1)c1ccc(C(=O)Nc2ccc(NC(C)=O)cc2)nn1. The van der Waals surface area contributed by atoms with Gasteiger partial charge in [0.2, 0.25) is 5.91 Å². The number of hydrogen-bond acceptors (Lipinski definition) is 5. The van der Waals surface area contributed by atoms with E-state index < -0.39 is 0 Å². The Labute approximate surface area is 163 Å². The fraction of sp³-hybridized carbons (Fsp3) is 0.143. The summed E-state index contributed by atoms with van der Waals surface area (Å²) >= 11 is 0. The molecule has 0 aliphatic carbocycles. The van der Waals surface area contributed by atoms with Gasteiger partial charge in [-0.3, -0.25) is 9.59 Å². The van der Waals surface area contributed by atoms with Crippen LogP contribution in [0.25, 0.3) is 0 Å². The van der Waals surface area contributed by atoms with Gasteiger partial charge in [0.05, 0.1) is 0 Å². The van der Waals surface area contributed by atoms with Gasteiger partial charge in [0, 0.05) is 30.5 Å². The maximum absolute atomic E-state index is 12.4. The van der Waals surface area contributed by atoms with E-state index in [1.165, 1.54) is 6.92 Å². The summed E-state index contributed by atoms with van der Waals surface area (Å²) in [5, 5.41) is 13.7. The third-order valence-electron chi connectivity index (χ3n) is 4.01. The van der Waals surface area contributed by atoms with Gasteiger partial charge >= 0.3 is 0 Å². The molecular formula is C21H21N5O2. The summed E-state index contributed by atoms with van der Waals surface area (Å²) in [6.45, 7) is 4.19. The van der Waals surface area contributed by atoms with Crippen LogP contribution in [0, 0.1) is 0 Å². The van der Waals surface area contributed by atoms with E-state index in [1.54, 1.807) is 36.4 Å². The molecule has 2 amide bonds. The highest BCUT2D eigenvalue weighted by atomic mass is 16.2. The number of amides is 2. The molecule has 2 N–H and O–H groups in total. The molecule has 0 fully saturated rings. The van der Waals surface area contributed by atoms with Crippen molar-refractivity contribution in [3.05, 3.63) is 72.4 Å². The Bertz CT molecular complexity index is 941. The smallest absolute Gasteiger partial charge is 0.276 e. The Hall–Kier alpha value is -3.74. The Kier molecular flexibility index (Phi) is 5.96. The number of anilines is 4. The number of aromatic nitrogens is 2. The minimum absolute atomic E-state index is 0.149. The Morgan fingerprint density at radius 3 is 2.04 bits per heavy atom. The Morgan fingerprint density at radius 2 is 1.50 bits per heavy atom. The molecule has 7 nitrogen and oxygen atoms in total. The third-order valence-corrected chi connectivity index (χ3v) is 4.01. The van der Waals surface area contributed by atoms with Gasteiger partial charge in [0.1, 0.15) is 0 Å². The van der Waals surface area contributed by atoms with Crippen molar-refractivity contribution >= 4 is 34.7 Å². The maximum atomic E-state index is 12.4. The average Bonchev–Trinajstić information content (AvgIpc) is 2.71. The molecule has 0 atom stereocenters. The zero-order chi connectivity index (χ0) is 19.9. The quantitative estimate of drug-likeness (QED) is 0.683. The van der Waals surface area contributed by atoms with Gasteiger partial charge in [0.15, 0.2) is 11.5 Å². The van der Waals surface area contributed by atoms with E-state index in [0.29, 0.717) is 17.2 Å². The summed E-state index contributed by atoms with van der Waals surface area (Å²) in [5.74, 6) is 0.169. The van der Waals surface area contributed by atoms with Gasteiger partial charge in [-0.15, -0.1) is 10.2 Å². The van der Waals surface area contributed by atoms with Crippen LogP contribution in [0.15, 0.2) is 66.7 Å². The zero-order valence-corrected chi connectivity index (χ0v) is 15.7. The number of benzene rings is 2. The van der Waals surface area contributed by atoms with Crippen LogP contribution in [0.2, 0.25) is 0 Å². The molecule has 0 spiro atoms. The lowest BCUT2D eigenvalue weighted by Crippen LogP contribution is -2.19. The van der Waals surface area contributed by atoms with Gasteiger partial charge in [-0.05, 0) is 55.5 Å². The van der Waals surface area contributed by atoms with Crippen LogP contribution >= 0.6 is 0 Å². The fourth-order valence-corrected chi connectivity index (χ4v) is 2.71. The molecule has 1 heterocycles. The fourth-order valence-electron chi connectivity index (χ4n) is 2.71. The van der Waals surface area contributed by atoms with E-state index in [0.717, 1.165) is 12.2 Å². The molecule has 7 heteroatoms. The molecule has 3 rings (SSSR count). The lowest BCUT2D eigenvalue weighted by atomic mass is 10.2. The molecule has 0 radical (unpaired) electrons. The van der Waals surface area contributed by atoms with Crippen LogP contribution in [0.1, 0.15) is 24.3 Å². The van der Waals surface area contributed by atoms with Crippen LogP contribution in [0.3, 0.4) is 0 Å². The minimum atomic E-state index is -0.353. The molecule has 0 aliphatic heterocycles. The zero-order valence-electron chi connectivity index (χ0n) is 15.7. The van der Waals surface area contributed by atoms with Crippen LogP contribution in [0.4, 0.5) is 22.9 Å². The molecule has 3 aromatic rings. The maximum Gasteiger partial charge on any atom is 0.276 e. The van der Waals surface area contributed by atoms with Crippen LogP contribution in [-0.4, -0.2) is 28.6 Å². The first-order chi connectivity index (χ1) is 13.6. The second-order valence-electron chi connectivity index (χ2n) is 6.07. The standard InChI is InChI=1S/C21H21N5O2/c1-3-26(18-7-5-4-6-8-18)20-14-13-19(24-25-20)21(28)23-17-11-9-16(10-12-17)22-15(2)27/h4-14H,3H2,1-2H3,(H,22,27)(H,23,28). The minimum Gasteiger partial charge on any atom is -0.326 e. The first-order valence-corrected chi connectivity index (χ1v) is 8.92. The molecule has 0 bridgehead atoms. The highest BCUT2D eigenvalue weighted by Crippen LogP contribution is 2.22. The van der Waals surface area contributed by atoms with Crippen molar-refractivity contribution in [2.24, 2.45) is 0 Å². The number of hydrogen-bond donors (Lipinski definition) is 2. The summed E-state index contributed by atoms with van der Waals surface area (Å²) in [6, 6.07) is 20.1.